The van der Waals surface area contributed by atoms with Crippen molar-refractivity contribution in [2.75, 3.05) is 13.1 Å². The fourth-order valence-electron chi connectivity index (χ4n) is 3.84. The third-order valence-corrected chi connectivity index (χ3v) is 5.33. The second-order valence-corrected chi connectivity index (χ2v) is 7.45. The number of aromatic nitrogens is 1. The van der Waals surface area contributed by atoms with Gasteiger partial charge in [0.2, 0.25) is 5.91 Å². The molecule has 0 unspecified atom stereocenters. The van der Waals surface area contributed by atoms with Gasteiger partial charge in [-0.15, -0.1) is 0 Å². The Hall–Kier alpha value is -2.99. The molecule has 2 atom stereocenters. The highest BCUT2D eigenvalue weighted by Gasteiger charge is 2.34. The highest BCUT2D eigenvalue weighted by molar-refractivity contribution is 5.87. The summed E-state index contributed by atoms with van der Waals surface area (Å²) in [4.78, 5) is 30.4. The van der Waals surface area contributed by atoms with Gasteiger partial charge in [-0.2, -0.15) is 0 Å². The molecule has 0 radical (unpaired) electrons. The number of hydrogen-bond acceptors (Lipinski definition) is 5. The Bertz CT molecular complexity index is 1060. The van der Waals surface area contributed by atoms with Gasteiger partial charge in [0.05, 0.1) is 12.5 Å². The second-order valence-electron chi connectivity index (χ2n) is 7.45. The van der Waals surface area contributed by atoms with Gasteiger partial charge in [0.25, 0.3) is 0 Å². The van der Waals surface area contributed by atoms with Crippen molar-refractivity contribution in [2.45, 2.75) is 25.9 Å². The molecule has 0 spiro atoms. The van der Waals surface area contributed by atoms with E-state index < -0.39 is 11.7 Å². The molecule has 3 heterocycles. The van der Waals surface area contributed by atoms with Crippen molar-refractivity contribution >= 4 is 16.9 Å². The van der Waals surface area contributed by atoms with Crippen molar-refractivity contribution in [3.63, 3.8) is 0 Å². The second kappa shape index (κ2) is 7.56. The summed E-state index contributed by atoms with van der Waals surface area (Å²) in [7, 11) is 0. The van der Waals surface area contributed by atoms with E-state index in [0.717, 1.165) is 16.5 Å². The fourth-order valence-corrected chi connectivity index (χ4v) is 3.84. The molecule has 3 aromatic rings. The number of fused-ring (bicyclic) bond motifs is 1. The van der Waals surface area contributed by atoms with Gasteiger partial charge in [-0.25, -0.2) is 4.79 Å². The lowest BCUT2D eigenvalue weighted by atomic mass is 9.97. The summed E-state index contributed by atoms with van der Waals surface area (Å²) in [5.41, 5.74) is 2.77. The quantitative estimate of drug-likeness (QED) is 0.703. The van der Waals surface area contributed by atoms with Gasteiger partial charge < -0.3 is 14.4 Å². The average molecular weight is 378 g/mol. The van der Waals surface area contributed by atoms with E-state index in [9.17, 15) is 14.7 Å². The summed E-state index contributed by atoms with van der Waals surface area (Å²) in [6, 6.07) is 10.8. The van der Waals surface area contributed by atoms with E-state index in [1.807, 2.05) is 31.2 Å². The van der Waals surface area contributed by atoms with Crippen molar-refractivity contribution < 1.29 is 14.3 Å². The molecule has 6 heteroatoms. The number of rotatable bonds is 4. The van der Waals surface area contributed by atoms with Gasteiger partial charge in [-0.1, -0.05) is 12.1 Å². The Morgan fingerprint density at radius 3 is 2.79 bits per heavy atom. The summed E-state index contributed by atoms with van der Waals surface area (Å²) in [5, 5.41) is 11.2. The molecule has 4 rings (SSSR count). The topological polar surface area (TPSA) is 83.6 Å². The summed E-state index contributed by atoms with van der Waals surface area (Å²) < 4.78 is 5.27. The monoisotopic (exact) mass is 378 g/mol. The Morgan fingerprint density at radius 1 is 1.21 bits per heavy atom. The number of carbonyl (C=O) groups is 1. The fraction of sp³-hybridized carbons (Fsp3) is 0.318. The standard InChI is InChI=1S/C22H22N2O4/c1-14-2-3-18-16(11-22(27)28-20(18)8-14)10-21(26)24-12-17(19(25)13-24)9-15-4-6-23-7-5-15/h2-8,11,17,19,25H,9-10,12-13H2,1H3/t17-,19-/m1/s1. The maximum atomic E-state index is 12.9. The normalized spacial score (nSPS) is 19.3. The van der Waals surface area contributed by atoms with Crippen LogP contribution >= 0.6 is 0 Å². The van der Waals surface area contributed by atoms with Crippen LogP contribution in [0.3, 0.4) is 0 Å². The molecule has 1 aliphatic heterocycles. The SMILES string of the molecule is Cc1ccc2c(CC(=O)N3C[C@@H](Cc4ccncc4)[C@H](O)C3)cc(=O)oc2c1. The van der Waals surface area contributed by atoms with Gasteiger partial charge in [0, 0.05) is 42.9 Å². The van der Waals surface area contributed by atoms with Crippen molar-refractivity contribution in [3.8, 4) is 0 Å². The van der Waals surface area contributed by atoms with E-state index in [-0.39, 0.29) is 18.2 Å². The molecule has 1 fully saturated rings. The van der Waals surface area contributed by atoms with Crippen LogP contribution in [0.1, 0.15) is 16.7 Å². The Labute approximate surface area is 162 Å². The van der Waals surface area contributed by atoms with E-state index in [2.05, 4.69) is 4.98 Å². The number of carbonyl (C=O) groups excluding carboxylic acids is 1. The van der Waals surface area contributed by atoms with Crippen molar-refractivity contribution in [1.29, 1.82) is 0 Å². The number of pyridine rings is 1. The minimum atomic E-state index is -0.558. The predicted molar refractivity (Wildman–Crippen MR) is 105 cm³/mol. The van der Waals surface area contributed by atoms with E-state index in [1.54, 1.807) is 23.4 Å². The number of benzene rings is 1. The molecule has 1 aliphatic rings. The van der Waals surface area contributed by atoms with Gasteiger partial charge in [0.1, 0.15) is 5.58 Å². The van der Waals surface area contributed by atoms with Crippen LogP contribution in [0, 0.1) is 12.8 Å². The third kappa shape index (κ3) is 3.82. The molecule has 1 saturated heterocycles. The minimum absolute atomic E-state index is 0.00779. The van der Waals surface area contributed by atoms with Crippen LogP contribution < -0.4 is 5.63 Å². The average Bonchev–Trinajstić information content (AvgIpc) is 3.02. The number of aliphatic hydroxyl groups excluding tert-OH is 1. The number of β-amino-alcohol motifs (C(OH)–C–C–N with tert-alkyl or cyclic N) is 1. The maximum Gasteiger partial charge on any atom is 0.336 e. The summed E-state index contributed by atoms with van der Waals surface area (Å²) in [6.07, 6.45) is 3.71. The molecule has 1 amide bonds. The van der Waals surface area contributed by atoms with Crippen LogP contribution in [0.2, 0.25) is 0 Å². The first-order valence-corrected chi connectivity index (χ1v) is 9.38. The molecule has 1 aromatic carbocycles. The first-order chi connectivity index (χ1) is 13.5. The molecule has 1 N–H and O–H groups in total. The zero-order valence-corrected chi connectivity index (χ0v) is 15.7. The number of aliphatic hydroxyl groups is 1. The van der Waals surface area contributed by atoms with E-state index in [1.165, 1.54) is 6.07 Å². The Morgan fingerprint density at radius 2 is 2.00 bits per heavy atom. The lowest BCUT2D eigenvalue weighted by Gasteiger charge is -2.17. The van der Waals surface area contributed by atoms with Crippen LogP contribution in [0.15, 0.2) is 58.0 Å². The Kier molecular flexibility index (Phi) is 4.96. The molecule has 28 heavy (non-hydrogen) atoms. The molecule has 0 saturated carbocycles. The minimum Gasteiger partial charge on any atom is -0.423 e. The molecule has 144 valence electrons. The molecule has 6 nitrogen and oxygen atoms in total. The van der Waals surface area contributed by atoms with Crippen molar-refractivity contribution in [2.24, 2.45) is 5.92 Å². The first-order valence-electron chi connectivity index (χ1n) is 9.38. The zero-order chi connectivity index (χ0) is 19.7. The number of hydrogen-bond donors (Lipinski definition) is 1. The number of amides is 1. The molecule has 2 aromatic heterocycles. The van der Waals surface area contributed by atoms with Gasteiger partial charge in [-0.3, -0.25) is 9.78 Å². The highest BCUT2D eigenvalue weighted by Crippen LogP contribution is 2.24. The maximum absolute atomic E-state index is 12.9. The molecular formula is C22H22N2O4. The largest absolute Gasteiger partial charge is 0.423 e. The summed E-state index contributed by atoms with van der Waals surface area (Å²) in [6.45, 7) is 2.74. The molecular weight excluding hydrogens is 356 g/mol. The number of nitrogens with zero attached hydrogens (tertiary/aromatic N) is 2. The summed E-state index contributed by atoms with van der Waals surface area (Å²) >= 11 is 0. The van der Waals surface area contributed by atoms with E-state index in [0.29, 0.717) is 30.7 Å². The van der Waals surface area contributed by atoms with Gasteiger partial charge >= 0.3 is 5.63 Å². The zero-order valence-electron chi connectivity index (χ0n) is 15.7. The predicted octanol–water partition coefficient (Wildman–Crippen LogP) is 2.10. The van der Waals surface area contributed by atoms with Crippen LogP contribution in [-0.2, 0) is 17.6 Å². The van der Waals surface area contributed by atoms with Crippen LogP contribution in [0.4, 0.5) is 0 Å². The number of aryl methyl sites for hydroxylation is 1. The third-order valence-electron chi connectivity index (χ3n) is 5.33. The Balaban J connectivity index is 1.50. The lowest BCUT2D eigenvalue weighted by Crippen LogP contribution is -2.31. The van der Waals surface area contributed by atoms with Crippen LogP contribution in [0.25, 0.3) is 11.0 Å². The molecule has 0 bridgehead atoms. The molecule has 0 aliphatic carbocycles. The van der Waals surface area contributed by atoms with Crippen molar-refractivity contribution in [3.05, 3.63) is 75.9 Å². The smallest absolute Gasteiger partial charge is 0.336 e. The van der Waals surface area contributed by atoms with Crippen LogP contribution in [0.5, 0.6) is 0 Å². The first kappa shape index (κ1) is 18.4. The number of likely N-dealkylation sites (tertiary alicyclic amines) is 1. The highest BCUT2D eigenvalue weighted by atomic mass is 16.4. The van der Waals surface area contributed by atoms with E-state index >= 15 is 0 Å². The van der Waals surface area contributed by atoms with Crippen molar-refractivity contribution in [1.82, 2.24) is 9.88 Å². The summed E-state index contributed by atoms with van der Waals surface area (Å²) in [5.74, 6) is -0.102. The van der Waals surface area contributed by atoms with E-state index in [4.69, 9.17) is 4.42 Å². The van der Waals surface area contributed by atoms with Gasteiger partial charge in [0.15, 0.2) is 0 Å². The van der Waals surface area contributed by atoms with Crippen LogP contribution in [-0.4, -0.2) is 40.1 Å². The van der Waals surface area contributed by atoms with Gasteiger partial charge in [-0.05, 0) is 48.2 Å². The lowest BCUT2D eigenvalue weighted by molar-refractivity contribution is -0.129.